The van der Waals surface area contributed by atoms with Crippen molar-refractivity contribution in [3.8, 4) is 0 Å². The van der Waals surface area contributed by atoms with Crippen molar-refractivity contribution in [3.63, 3.8) is 0 Å². The van der Waals surface area contributed by atoms with Crippen LogP contribution in [0.3, 0.4) is 0 Å². The van der Waals surface area contributed by atoms with Gasteiger partial charge in [-0.05, 0) is 24.3 Å². The zero-order chi connectivity index (χ0) is 12.3. The molecule has 92 valence electrons. The van der Waals surface area contributed by atoms with Crippen molar-refractivity contribution in [3.05, 3.63) is 35.9 Å². The zero-order valence-electron chi connectivity index (χ0n) is 10.1. The van der Waals surface area contributed by atoms with E-state index in [0.29, 0.717) is 12.0 Å². The number of hydrogen-bond acceptors (Lipinski definition) is 2. The third-order valence-corrected chi connectivity index (χ3v) is 3.62. The van der Waals surface area contributed by atoms with Crippen LogP contribution in [0.5, 0.6) is 0 Å². The fourth-order valence-electron chi connectivity index (χ4n) is 2.56. The smallest absolute Gasteiger partial charge is 0.325 e. The first kappa shape index (κ1) is 12.1. The first-order chi connectivity index (χ1) is 8.18. The molecule has 1 aliphatic rings. The van der Waals surface area contributed by atoms with E-state index in [4.69, 9.17) is 0 Å². The predicted octanol–water partition coefficient (Wildman–Crippen LogP) is 2.59. The number of hydrogen-bond donors (Lipinski definition) is 2. The highest BCUT2D eigenvalue weighted by atomic mass is 16.4. The highest BCUT2D eigenvalue weighted by molar-refractivity contribution is 5.75. The molecule has 1 saturated carbocycles. The van der Waals surface area contributed by atoms with E-state index >= 15 is 0 Å². The fourth-order valence-corrected chi connectivity index (χ4v) is 2.56. The Morgan fingerprint density at radius 2 is 2.06 bits per heavy atom. The minimum Gasteiger partial charge on any atom is -0.480 e. The van der Waals surface area contributed by atoms with Crippen LogP contribution in [0.25, 0.3) is 0 Å². The number of carboxylic acid groups (broad SMARTS) is 1. The molecule has 0 saturated heterocycles. The van der Waals surface area contributed by atoms with Gasteiger partial charge in [-0.3, -0.25) is 10.1 Å². The van der Waals surface area contributed by atoms with Crippen LogP contribution in [0.2, 0.25) is 0 Å². The number of nitrogens with one attached hydrogen (secondary N) is 1. The van der Waals surface area contributed by atoms with Crippen LogP contribution >= 0.6 is 0 Å². The summed E-state index contributed by atoms with van der Waals surface area (Å²) in [5, 5.41) is 12.6. The maximum Gasteiger partial charge on any atom is 0.325 e. The number of carboxylic acids is 1. The van der Waals surface area contributed by atoms with Gasteiger partial charge >= 0.3 is 5.97 Å². The second-order valence-electron chi connectivity index (χ2n) is 4.86. The lowest BCUT2D eigenvalue weighted by molar-refractivity contribution is -0.140. The zero-order valence-corrected chi connectivity index (χ0v) is 10.1. The van der Waals surface area contributed by atoms with E-state index in [1.807, 2.05) is 30.3 Å². The minimum absolute atomic E-state index is 0.330. The maximum atomic E-state index is 11.3. The quantitative estimate of drug-likeness (QED) is 0.840. The van der Waals surface area contributed by atoms with Crippen LogP contribution in [0.1, 0.15) is 37.8 Å². The average molecular weight is 233 g/mol. The van der Waals surface area contributed by atoms with E-state index < -0.39 is 12.0 Å². The Hall–Kier alpha value is -1.35. The number of rotatable bonds is 4. The van der Waals surface area contributed by atoms with E-state index in [1.165, 1.54) is 12.8 Å². The number of aliphatic carboxylic acids is 1. The highest BCUT2D eigenvalue weighted by Gasteiger charge is 2.29. The van der Waals surface area contributed by atoms with Crippen LogP contribution in [-0.2, 0) is 4.79 Å². The Bertz CT molecular complexity index is 377. The summed E-state index contributed by atoms with van der Waals surface area (Å²) in [7, 11) is 0. The van der Waals surface area contributed by atoms with Gasteiger partial charge in [-0.15, -0.1) is 0 Å². The second kappa shape index (κ2) is 5.32. The van der Waals surface area contributed by atoms with Crippen molar-refractivity contribution in [2.75, 3.05) is 0 Å². The van der Waals surface area contributed by atoms with Gasteiger partial charge in [0.2, 0.25) is 0 Å². The second-order valence-corrected chi connectivity index (χ2v) is 4.86. The monoisotopic (exact) mass is 233 g/mol. The number of benzene rings is 1. The molecule has 0 radical (unpaired) electrons. The average Bonchev–Trinajstić information content (AvgIpc) is 2.72. The lowest BCUT2D eigenvalue weighted by Crippen LogP contribution is -2.38. The molecule has 1 aliphatic carbocycles. The van der Waals surface area contributed by atoms with Gasteiger partial charge in [-0.1, -0.05) is 43.7 Å². The highest BCUT2D eigenvalue weighted by Crippen LogP contribution is 2.27. The molecule has 0 spiro atoms. The van der Waals surface area contributed by atoms with Gasteiger partial charge in [0, 0.05) is 6.04 Å². The van der Waals surface area contributed by atoms with Crippen molar-refractivity contribution in [1.29, 1.82) is 0 Å². The van der Waals surface area contributed by atoms with Crippen molar-refractivity contribution in [1.82, 2.24) is 5.32 Å². The van der Waals surface area contributed by atoms with Crippen molar-refractivity contribution < 1.29 is 9.90 Å². The molecule has 0 amide bonds. The molecular formula is C14H19NO2. The molecule has 1 aromatic carbocycles. The third-order valence-electron chi connectivity index (χ3n) is 3.62. The summed E-state index contributed by atoms with van der Waals surface area (Å²) in [4.78, 5) is 11.3. The van der Waals surface area contributed by atoms with E-state index in [1.54, 1.807) is 0 Å². The predicted molar refractivity (Wildman–Crippen MR) is 66.8 cm³/mol. The first-order valence-electron chi connectivity index (χ1n) is 6.22. The molecule has 3 nitrogen and oxygen atoms in total. The van der Waals surface area contributed by atoms with Crippen molar-refractivity contribution in [2.24, 2.45) is 5.92 Å². The standard InChI is InChI=1S/C14H19NO2/c1-10-6-5-9-12(10)15-13(14(16)17)11-7-3-2-4-8-11/h2-4,7-8,10,12-13,15H,5-6,9H2,1H3,(H,16,17)/t10?,12?,13-/m0/s1. The molecule has 1 aromatic rings. The van der Waals surface area contributed by atoms with Crippen LogP contribution in [0, 0.1) is 5.92 Å². The lowest BCUT2D eigenvalue weighted by Gasteiger charge is -2.23. The molecule has 3 atom stereocenters. The van der Waals surface area contributed by atoms with E-state index in [2.05, 4.69) is 12.2 Å². The summed E-state index contributed by atoms with van der Waals surface area (Å²) in [6.45, 7) is 2.19. The number of carbonyl (C=O) groups is 1. The Morgan fingerprint density at radius 1 is 1.35 bits per heavy atom. The minimum atomic E-state index is -0.796. The topological polar surface area (TPSA) is 49.3 Å². The SMILES string of the molecule is CC1CCCC1N[C@H](C(=O)O)c1ccccc1. The van der Waals surface area contributed by atoms with Gasteiger partial charge in [-0.2, -0.15) is 0 Å². The van der Waals surface area contributed by atoms with Gasteiger partial charge in [0.15, 0.2) is 0 Å². The summed E-state index contributed by atoms with van der Waals surface area (Å²) in [6, 6.07) is 9.14. The van der Waals surface area contributed by atoms with E-state index in [-0.39, 0.29) is 0 Å². The third kappa shape index (κ3) is 2.86. The summed E-state index contributed by atoms with van der Waals surface area (Å²) in [6.07, 6.45) is 3.47. The Balaban J connectivity index is 2.11. The summed E-state index contributed by atoms with van der Waals surface area (Å²) >= 11 is 0. The molecule has 17 heavy (non-hydrogen) atoms. The van der Waals surface area contributed by atoms with E-state index in [0.717, 1.165) is 12.0 Å². The first-order valence-corrected chi connectivity index (χ1v) is 6.22. The van der Waals surface area contributed by atoms with Gasteiger partial charge in [0.05, 0.1) is 0 Å². The molecule has 3 heteroatoms. The molecule has 2 rings (SSSR count). The Morgan fingerprint density at radius 3 is 2.59 bits per heavy atom. The van der Waals surface area contributed by atoms with Crippen LogP contribution in [-0.4, -0.2) is 17.1 Å². The van der Waals surface area contributed by atoms with Crippen LogP contribution in [0.4, 0.5) is 0 Å². The molecule has 2 unspecified atom stereocenters. The molecule has 0 aromatic heterocycles. The van der Waals surface area contributed by atoms with Gasteiger partial charge in [0.1, 0.15) is 6.04 Å². The van der Waals surface area contributed by atoms with E-state index in [9.17, 15) is 9.90 Å². The Labute approximate surface area is 102 Å². The molecular weight excluding hydrogens is 214 g/mol. The molecule has 2 N–H and O–H groups in total. The van der Waals surface area contributed by atoms with Gasteiger partial charge < -0.3 is 5.11 Å². The van der Waals surface area contributed by atoms with Gasteiger partial charge in [-0.25, -0.2) is 0 Å². The fraction of sp³-hybridized carbons (Fsp3) is 0.500. The van der Waals surface area contributed by atoms with Gasteiger partial charge in [0.25, 0.3) is 0 Å². The summed E-state index contributed by atoms with van der Waals surface area (Å²) in [5.74, 6) is -0.226. The largest absolute Gasteiger partial charge is 0.480 e. The normalized spacial score (nSPS) is 25.7. The Kier molecular flexibility index (Phi) is 3.79. The molecule has 0 heterocycles. The molecule has 0 bridgehead atoms. The summed E-state index contributed by atoms with van der Waals surface area (Å²) < 4.78 is 0. The molecule has 1 fully saturated rings. The lowest BCUT2D eigenvalue weighted by atomic mass is 10.0. The summed E-state index contributed by atoms with van der Waals surface area (Å²) in [5.41, 5.74) is 0.833. The van der Waals surface area contributed by atoms with Crippen molar-refractivity contribution >= 4 is 5.97 Å². The van der Waals surface area contributed by atoms with Crippen molar-refractivity contribution in [2.45, 2.75) is 38.3 Å². The van der Waals surface area contributed by atoms with Crippen LogP contribution in [0.15, 0.2) is 30.3 Å². The molecule has 0 aliphatic heterocycles. The maximum absolute atomic E-state index is 11.3. The van der Waals surface area contributed by atoms with Crippen LogP contribution < -0.4 is 5.32 Å².